The van der Waals surface area contributed by atoms with Crippen LogP contribution in [-0.4, -0.2) is 19.5 Å². The summed E-state index contributed by atoms with van der Waals surface area (Å²) in [6.45, 7) is 7.91. The van der Waals surface area contributed by atoms with Crippen LogP contribution in [0.4, 0.5) is 0 Å². The van der Waals surface area contributed by atoms with Gasteiger partial charge in [-0.25, -0.2) is 4.98 Å². The molecular formula is C23H20N4. The molecule has 4 heteroatoms. The van der Waals surface area contributed by atoms with E-state index in [9.17, 15) is 0 Å². The maximum Gasteiger partial charge on any atom is 0.238 e. The molecule has 0 aliphatic rings. The Balaban J connectivity index is 2.05. The molecule has 0 bridgehead atoms. The second kappa shape index (κ2) is 7.00. The van der Waals surface area contributed by atoms with Gasteiger partial charge in [-0.05, 0) is 26.0 Å². The summed E-state index contributed by atoms with van der Waals surface area (Å²) in [6, 6.07) is 18.2. The maximum atomic E-state index is 4.79. The van der Waals surface area contributed by atoms with E-state index in [1.165, 1.54) is 0 Å². The monoisotopic (exact) mass is 352 g/mol. The molecule has 0 spiro atoms. The van der Waals surface area contributed by atoms with Gasteiger partial charge in [0.15, 0.2) is 5.82 Å². The van der Waals surface area contributed by atoms with E-state index in [1.54, 1.807) is 0 Å². The van der Waals surface area contributed by atoms with E-state index >= 15 is 0 Å². The van der Waals surface area contributed by atoms with Gasteiger partial charge in [-0.2, -0.15) is 9.97 Å². The minimum atomic E-state index is 0.610. The van der Waals surface area contributed by atoms with E-state index in [0.717, 1.165) is 27.7 Å². The summed E-state index contributed by atoms with van der Waals surface area (Å²) in [7, 11) is 0. The highest BCUT2D eigenvalue weighted by molar-refractivity contribution is 5.94. The van der Waals surface area contributed by atoms with Crippen molar-refractivity contribution in [1.82, 2.24) is 19.5 Å². The molecule has 132 valence electrons. The van der Waals surface area contributed by atoms with Gasteiger partial charge in [0.2, 0.25) is 5.95 Å². The van der Waals surface area contributed by atoms with Gasteiger partial charge in [0.25, 0.3) is 0 Å². The van der Waals surface area contributed by atoms with Crippen LogP contribution in [0.5, 0.6) is 0 Å². The first-order chi connectivity index (χ1) is 13.2. The Morgan fingerprint density at radius 2 is 1.67 bits per heavy atom. The van der Waals surface area contributed by atoms with E-state index in [0.29, 0.717) is 17.6 Å². The number of rotatable bonds is 4. The van der Waals surface area contributed by atoms with Crippen LogP contribution in [0.25, 0.3) is 40.4 Å². The summed E-state index contributed by atoms with van der Waals surface area (Å²) in [6.07, 6.45) is 5.97. The van der Waals surface area contributed by atoms with Crippen molar-refractivity contribution in [1.29, 1.82) is 0 Å². The van der Waals surface area contributed by atoms with Gasteiger partial charge in [0, 0.05) is 16.5 Å². The molecule has 0 aliphatic carbocycles. The molecule has 2 aromatic carbocycles. The van der Waals surface area contributed by atoms with Gasteiger partial charge in [0.1, 0.15) is 5.82 Å². The third-order valence-electron chi connectivity index (χ3n) is 4.45. The Morgan fingerprint density at radius 1 is 0.926 bits per heavy atom. The molecule has 0 saturated heterocycles. The summed E-state index contributed by atoms with van der Waals surface area (Å²) in [5.41, 5.74) is 4.10. The smallest absolute Gasteiger partial charge is 0.238 e. The normalized spacial score (nSPS) is 11.3. The van der Waals surface area contributed by atoms with Crippen molar-refractivity contribution in [3.8, 4) is 17.3 Å². The lowest BCUT2D eigenvalue weighted by atomic mass is 10.1. The van der Waals surface area contributed by atoms with E-state index in [4.69, 9.17) is 4.98 Å². The maximum absolute atomic E-state index is 4.79. The molecule has 2 aromatic heterocycles. The topological polar surface area (TPSA) is 43.6 Å². The standard InChI is InChI=1S/C23H20N4/c1-4-11-20-18(5-2)19-14-9-10-15-21(19)27(20)23-25-16(3)24-22(26-23)17-12-7-6-8-13-17/h4-15H,2H2,1,3H3/b11-4-. The molecule has 2 heterocycles. The molecular weight excluding hydrogens is 332 g/mol. The minimum Gasteiger partial charge on any atom is -0.278 e. The quantitative estimate of drug-likeness (QED) is 0.489. The van der Waals surface area contributed by atoms with E-state index in [-0.39, 0.29) is 0 Å². The highest BCUT2D eigenvalue weighted by Crippen LogP contribution is 2.30. The van der Waals surface area contributed by atoms with Gasteiger partial charge < -0.3 is 0 Å². The van der Waals surface area contributed by atoms with Crippen molar-refractivity contribution in [2.75, 3.05) is 0 Å². The summed E-state index contributed by atoms with van der Waals surface area (Å²) in [5.74, 6) is 1.96. The highest BCUT2D eigenvalue weighted by Gasteiger charge is 2.17. The first kappa shape index (κ1) is 16.9. The Labute approximate surface area is 158 Å². The zero-order valence-corrected chi connectivity index (χ0v) is 15.4. The number of benzene rings is 2. The Hall–Kier alpha value is -3.53. The SMILES string of the molecule is C=Cc1c(/C=C\C)n(-c2nc(C)nc(-c3ccccc3)n2)c2ccccc12. The number of para-hydroxylation sites is 1. The molecule has 0 atom stereocenters. The molecule has 4 rings (SSSR count). The first-order valence-electron chi connectivity index (χ1n) is 8.90. The van der Waals surface area contributed by atoms with E-state index < -0.39 is 0 Å². The molecule has 4 aromatic rings. The number of nitrogens with zero attached hydrogens (tertiary/aromatic N) is 4. The molecule has 0 aliphatic heterocycles. The predicted molar refractivity (Wildman–Crippen MR) is 112 cm³/mol. The van der Waals surface area contributed by atoms with Crippen LogP contribution >= 0.6 is 0 Å². The third-order valence-corrected chi connectivity index (χ3v) is 4.45. The van der Waals surface area contributed by atoms with Crippen LogP contribution in [-0.2, 0) is 0 Å². The molecule has 0 amide bonds. The van der Waals surface area contributed by atoms with Gasteiger partial charge in [-0.3, -0.25) is 4.57 Å². The highest BCUT2D eigenvalue weighted by atomic mass is 15.2. The van der Waals surface area contributed by atoms with Gasteiger partial charge in [-0.15, -0.1) is 0 Å². The van der Waals surface area contributed by atoms with Crippen LogP contribution in [0.1, 0.15) is 24.0 Å². The zero-order chi connectivity index (χ0) is 18.8. The van der Waals surface area contributed by atoms with E-state index in [1.807, 2.05) is 68.5 Å². The lowest BCUT2D eigenvalue weighted by Gasteiger charge is -2.10. The van der Waals surface area contributed by atoms with Gasteiger partial charge in [0.05, 0.1) is 11.2 Å². The predicted octanol–water partition coefficient (Wildman–Crippen LogP) is 5.47. The van der Waals surface area contributed by atoms with Gasteiger partial charge >= 0.3 is 0 Å². The lowest BCUT2D eigenvalue weighted by Crippen LogP contribution is -2.07. The summed E-state index contributed by atoms with van der Waals surface area (Å²) in [4.78, 5) is 14.0. The Kier molecular flexibility index (Phi) is 4.38. The molecule has 4 nitrogen and oxygen atoms in total. The molecule has 0 radical (unpaired) electrons. The second-order valence-corrected chi connectivity index (χ2v) is 6.23. The largest absolute Gasteiger partial charge is 0.278 e. The number of allylic oxidation sites excluding steroid dienone is 1. The fraction of sp³-hybridized carbons (Fsp3) is 0.0870. The molecule has 0 N–H and O–H groups in total. The molecule has 0 fully saturated rings. The van der Waals surface area contributed by atoms with Crippen LogP contribution < -0.4 is 0 Å². The number of hydrogen-bond acceptors (Lipinski definition) is 3. The fourth-order valence-electron chi connectivity index (χ4n) is 3.32. The third kappa shape index (κ3) is 2.95. The van der Waals surface area contributed by atoms with Crippen molar-refractivity contribution in [3.63, 3.8) is 0 Å². The van der Waals surface area contributed by atoms with Crippen LogP contribution in [0.2, 0.25) is 0 Å². The zero-order valence-electron chi connectivity index (χ0n) is 15.4. The van der Waals surface area contributed by atoms with Crippen molar-refractivity contribution in [3.05, 3.63) is 84.3 Å². The molecule has 27 heavy (non-hydrogen) atoms. The number of aromatic nitrogens is 4. The average molecular weight is 352 g/mol. The number of fused-ring (bicyclic) bond motifs is 1. The molecule has 0 unspecified atom stereocenters. The fourth-order valence-corrected chi connectivity index (χ4v) is 3.32. The van der Waals surface area contributed by atoms with Gasteiger partial charge in [-0.1, -0.05) is 67.3 Å². The van der Waals surface area contributed by atoms with Crippen molar-refractivity contribution in [2.24, 2.45) is 0 Å². The average Bonchev–Trinajstić information content (AvgIpc) is 3.01. The van der Waals surface area contributed by atoms with Crippen molar-refractivity contribution in [2.45, 2.75) is 13.8 Å². The van der Waals surface area contributed by atoms with Crippen molar-refractivity contribution >= 4 is 23.1 Å². The first-order valence-corrected chi connectivity index (χ1v) is 8.90. The summed E-state index contributed by atoms with van der Waals surface area (Å²) >= 11 is 0. The van der Waals surface area contributed by atoms with Crippen LogP contribution in [0.15, 0.2) is 67.3 Å². The summed E-state index contributed by atoms with van der Waals surface area (Å²) in [5, 5.41) is 1.12. The van der Waals surface area contributed by atoms with E-state index in [2.05, 4.69) is 39.3 Å². The number of hydrogen-bond donors (Lipinski definition) is 0. The molecule has 0 saturated carbocycles. The second-order valence-electron chi connectivity index (χ2n) is 6.23. The number of aryl methyl sites for hydroxylation is 1. The summed E-state index contributed by atoms with van der Waals surface area (Å²) < 4.78 is 2.08. The Bertz CT molecular complexity index is 1150. The van der Waals surface area contributed by atoms with Crippen molar-refractivity contribution < 1.29 is 0 Å². The van der Waals surface area contributed by atoms with Crippen LogP contribution in [0.3, 0.4) is 0 Å². The Morgan fingerprint density at radius 3 is 2.41 bits per heavy atom. The van der Waals surface area contributed by atoms with Crippen LogP contribution in [0, 0.1) is 6.92 Å². The lowest BCUT2D eigenvalue weighted by molar-refractivity contribution is 0.887. The minimum absolute atomic E-state index is 0.610.